The Balaban J connectivity index is 1.83. The number of benzene rings is 1. The molecule has 126 valence electrons. The van der Waals surface area contributed by atoms with Crippen LogP contribution < -0.4 is 0 Å². The molecule has 1 N–H and O–H groups in total. The van der Waals surface area contributed by atoms with Gasteiger partial charge in [-0.1, -0.05) is 12.1 Å². The Kier molecular flexibility index (Phi) is 5.34. The van der Waals surface area contributed by atoms with Gasteiger partial charge in [0.05, 0.1) is 11.0 Å². The molecular weight excluding hydrogens is 286 g/mol. The summed E-state index contributed by atoms with van der Waals surface area (Å²) in [6.45, 7) is 8.18. The summed E-state index contributed by atoms with van der Waals surface area (Å²) in [7, 11) is 0. The van der Waals surface area contributed by atoms with Crippen molar-refractivity contribution >= 4 is 11.0 Å². The molecule has 1 aromatic heterocycles. The molecule has 23 heavy (non-hydrogen) atoms. The van der Waals surface area contributed by atoms with E-state index >= 15 is 0 Å². The molecule has 2 aromatic rings. The van der Waals surface area contributed by atoms with Crippen LogP contribution in [0, 0.1) is 0 Å². The quantitative estimate of drug-likeness (QED) is 0.829. The highest BCUT2D eigenvalue weighted by Gasteiger charge is 2.26. The van der Waals surface area contributed by atoms with E-state index in [9.17, 15) is 0 Å². The largest absolute Gasteiger partial charge is 0.396 e. The van der Waals surface area contributed by atoms with E-state index in [4.69, 9.17) is 10.1 Å². The van der Waals surface area contributed by atoms with Crippen LogP contribution in [0.25, 0.3) is 11.0 Å². The Hall–Kier alpha value is -1.39. The van der Waals surface area contributed by atoms with Gasteiger partial charge in [-0.25, -0.2) is 4.98 Å². The molecule has 0 amide bonds. The van der Waals surface area contributed by atoms with Gasteiger partial charge in [0.25, 0.3) is 0 Å². The monoisotopic (exact) mass is 315 g/mol. The maximum Gasteiger partial charge on any atom is 0.114 e. The predicted octanol–water partition coefficient (Wildman–Crippen LogP) is 3.57. The third kappa shape index (κ3) is 3.59. The number of aromatic nitrogens is 2. The molecule has 1 aliphatic heterocycles. The van der Waals surface area contributed by atoms with Crippen molar-refractivity contribution in [2.75, 3.05) is 26.2 Å². The number of fused-ring (bicyclic) bond motifs is 1. The van der Waals surface area contributed by atoms with Crippen LogP contribution in [0.3, 0.4) is 0 Å². The zero-order valence-corrected chi connectivity index (χ0v) is 14.4. The highest BCUT2D eigenvalue weighted by molar-refractivity contribution is 5.76. The van der Waals surface area contributed by atoms with Crippen molar-refractivity contribution < 1.29 is 5.11 Å². The first-order valence-electron chi connectivity index (χ1n) is 9.00. The molecule has 1 aromatic carbocycles. The van der Waals surface area contributed by atoms with Crippen molar-refractivity contribution in [3.8, 4) is 0 Å². The Morgan fingerprint density at radius 1 is 1.26 bits per heavy atom. The fraction of sp³-hybridized carbons (Fsp3) is 0.632. The summed E-state index contributed by atoms with van der Waals surface area (Å²) in [5.41, 5.74) is 2.38. The Morgan fingerprint density at radius 2 is 2.09 bits per heavy atom. The molecule has 4 nitrogen and oxygen atoms in total. The van der Waals surface area contributed by atoms with Crippen molar-refractivity contribution in [3.63, 3.8) is 0 Å². The van der Waals surface area contributed by atoms with Crippen LogP contribution in [0.4, 0.5) is 0 Å². The smallest absolute Gasteiger partial charge is 0.114 e. The summed E-state index contributed by atoms with van der Waals surface area (Å²) >= 11 is 0. The number of para-hydroxylation sites is 2. The van der Waals surface area contributed by atoms with E-state index in [0.29, 0.717) is 18.6 Å². The number of imidazole rings is 1. The summed E-state index contributed by atoms with van der Waals surface area (Å²) in [4.78, 5) is 7.53. The van der Waals surface area contributed by atoms with E-state index in [1.165, 1.54) is 30.7 Å². The van der Waals surface area contributed by atoms with Gasteiger partial charge in [-0.15, -0.1) is 0 Å². The summed E-state index contributed by atoms with van der Waals surface area (Å²) in [6, 6.07) is 8.93. The molecule has 0 aliphatic carbocycles. The van der Waals surface area contributed by atoms with E-state index in [1.54, 1.807) is 0 Å². The Morgan fingerprint density at radius 3 is 2.87 bits per heavy atom. The molecule has 3 rings (SSSR count). The molecule has 0 saturated carbocycles. The van der Waals surface area contributed by atoms with Gasteiger partial charge in [-0.3, -0.25) is 0 Å². The zero-order valence-electron chi connectivity index (χ0n) is 14.4. The second-order valence-electron chi connectivity index (χ2n) is 6.99. The first-order valence-corrected chi connectivity index (χ1v) is 9.00. The SMILES string of the molecule is CC(C)n1c(C2CCCN(CCCCO)C2)nc2ccccc21. The third-order valence-corrected chi connectivity index (χ3v) is 4.89. The normalized spacial score (nSPS) is 19.7. The molecule has 0 radical (unpaired) electrons. The number of aliphatic hydroxyl groups excluding tert-OH is 1. The fourth-order valence-corrected chi connectivity index (χ4v) is 3.81. The number of nitrogens with zero attached hydrogens (tertiary/aromatic N) is 3. The highest BCUT2D eigenvalue weighted by atomic mass is 16.2. The zero-order chi connectivity index (χ0) is 16.2. The van der Waals surface area contributed by atoms with Gasteiger partial charge in [0, 0.05) is 25.1 Å². The first-order chi connectivity index (χ1) is 11.2. The molecule has 2 heterocycles. The molecule has 4 heteroatoms. The van der Waals surface area contributed by atoms with Gasteiger partial charge in [0.1, 0.15) is 5.82 Å². The molecule has 1 aliphatic rings. The van der Waals surface area contributed by atoms with Crippen molar-refractivity contribution in [3.05, 3.63) is 30.1 Å². The maximum absolute atomic E-state index is 8.97. The van der Waals surface area contributed by atoms with Gasteiger partial charge >= 0.3 is 0 Å². The lowest BCUT2D eigenvalue weighted by Crippen LogP contribution is -2.36. The topological polar surface area (TPSA) is 41.3 Å². The standard InChI is InChI=1S/C19H29N3O/c1-15(2)22-18-10-4-3-9-17(18)20-19(22)16-8-7-12-21(14-16)11-5-6-13-23/h3-4,9-10,15-16,23H,5-8,11-14H2,1-2H3. The lowest BCUT2D eigenvalue weighted by Gasteiger charge is -2.33. The second-order valence-corrected chi connectivity index (χ2v) is 6.99. The van der Waals surface area contributed by atoms with Gasteiger partial charge in [-0.2, -0.15) is 0 Å². The first kappa shape index (κ1) is 16.5. The van der Waals surface area contributed by atoms with Crippen molar-refractivity contribution in [1.82, 2.24) is 14.5 Å². The molecule has 1 fully saturated rings. The third-order valence-electron chi connectivity index (χ3n) is 4.89. The van der Waals surface area contributed by atoms with Crippen LogP contribution in [0.1, 0.15) is 57.3 Å². The molecule has 0 spiro atoms. The van der Waals surface area contributed by atoms with Crippen molar-refractivity contribution in [2.45, 2.75) is 51.5 Å². The Labute approximate surface area is 139 Å². The second kappa shape index (κ2) is 7.45. The number of rotatable bonds is 6. The lowest BCUT2D eigenvalue weighted by atomic mass is 9.96. The fourth-order valence-electron chi connectivity index (χ4n) is 3.81. The number of unbranched alkanes of at least 4 members (excludes halogenated alkanes) is 1. The molecule has 1 atom stereocenters. The minimum atomic E-state index is 0.306. The maximum atomic E-state index is 8.97. The van der Waals surface area contributed by atoms with Crippen molar-refractivity contribution in [2.24, 2.45) is 0 Å². The van der Waals surface area contributed by atoms with Crippen LogP contribution in [-0.4, -0.2) is 45.8 Å². The molecular formula is C19H29N3O. The molecule has 0 bridgehead atoms. The van der Waals surface area contributed by atoms with E-state index < -0.39 is 0 Å². The number of likely N-dealkylation sites (tertiary alicyclic amines) is 1. The minimum absolute atomic E-state index is 0.306. The van der Waals surface area contributed by atoms with E-state index in [0.717, 1.165) is 31.4 Å². The van der Waals surface area contributed by atoms with E-state index in [1.807, 2.05) is 0 Å². The minimum Gasteiger partial charge on any atom is -0.396 e. The summed E-state index contributed by atoms with van der Waals surface area (Å²) in [5.74, 6) is 1.78. The van der Waals surface area contributed by atoms with Gasteiger partial charge in [-0.05, 0) is 64.8 Å². The number of hydrogen-bond donors (Lipinski definition) is 1. The van der Waals surface area contributed by atoms with E-state index in [-0.39, 0.29) is 0 Å². The van der Waals surface area contributed by atoms with Gasteiger partial charge in [0.2, 0.25) is 0 Å². The lowest BCUT2D eigenvalue weighted by molar-refractivity contribution is 0.191. The van der Waals surface area contributed by atoms with Crippen LogP contribution in [-0.2, 0) is 0 Å². The van der Waals surface area contributed by atoms with Gasteiger partial charge in [0.15, 0.2) is 0 Å². The number of piperidine rings is 1. The predicted molar refractivity (Wildman–Crippen MR) is 94.9 cm³/mol. The summed E-state index contributed by atoms with van der Waals surface area (Å²) < 4.78 is 2.43. The Bertz CT molecular complexity index is 635. The molecule has 1 saturated heterocycles. The van der Waals surface area contributed by atoms with Crippen LogP contribution in [0.2, 0.25) is 0 Å². The van der Waals surface area contributed by atoms with E-state index in [2.05, 4.69) is 47.6 Å². The number of aliphatic hydroxyl groups is 1. The summed E-state index contributed by atoms with van der Waals surface area (Å²) in [5, 5.41) is 8.97. The molecule has 1 unspecified atom stereocenters. The van der Waals surface area contributed by atoms with Crippen LogP contribution >= 0.6 is 0 Å². The van der Waals surface area contributed by atoms with Crippen molar-refractivity contribution in [1.29, 1.82) is 0 Å². The average molecular weight is 315 g/mol. The average Bonchev–Trinajstić information content (AvgIpc) is 2.95. The summed E-state index contributed by atoms with van der Waals surface area (Å²) in [6.07, 6.45) is 4.47. The highest BCUT2D eigenvalue weighted by Crippen LogP contribution is 2.31. The van der Waals surface area contributed by atoms with Crippen LogP contribution in [0.15, 0.2) is 24.3 Å². The van der Waals surface area contributed by atoms with Gasteiger partial charge < -0.3 is 14.6 Å². The number of hydrogen-bond acceptors (Lipinski definition) is 3. The van der Waals surface area contributed by atoms with Crippen LogP contribution in [0.5, 0.6) is 0 Å².